The summed E-state index contributed by atoms with van der Waals surface area (Å²) in [5.41, 5.74) is 2.22. The van der Waals surface area contributed by atoms with Gasteiger partial charge in [0.25, 0.3) is 0 Å². The SMILES string of the molecule is CCCCCC[Si](C)(C)CCCCCCCCCCCNc1ccc(CCC(=O)O)cc1. The summed E-state index contributed by atoms with van der Waals surface area (Å²) in [4.78, 5) is 10.6. The van der Waals surface area contributed by atoms with E-state index in [1.54, 1.807) is 6.04 Å². The van der Waals surface area contributed by atoms with Crippen molar-refractivity contribution in [2.45, 2.75) is 128 Å². The zero-order valence-corrected chi connectivity index (χ0v) is 22.4. The van der Waals surface area contributed by atoms with Gasteiger partial charge in [0.2, 0.25) is 0 Å². The lowest BCUT2D eigenvalue weighted by Gasteiger charge is -2.22. The molecule has 0 saturated carbocycles. The van der Waals surface area contributed by atoms with E-state index >= 15 is 0 Å². The highest BCUT2D eigenvalue weighted by Gasteiger charge is 2.18. The highest BCUT2D eigenvalue weighted by molar-refractivity contribution is 6.77. The first-order chi connectivity index (χ1) is 15.4. The summed E-state index contributed by atoms with van der Waals surface area (Å²) < 4.78 is 0. The normalized spacial score (nSPS) is 11.6. The third kappa shape index (κ3) is 16.4. The second kappa shape index (κ2) is 18.2. The second-order valence-corrected chi connectivity index (χ2v) is 15.8. The molecule has 0 saturated heterocycles. The van der Waals surface area contributed by atoms with Gasteiger partial charge in [-0.05, 0) is 30.5 Å². The van der Waals surface area contributed by atoms with Gasteiger partial charge in [-0.2, -0.15) is 0 Å². The number of aryl methyl sites for hydroxylation is 1. The molecule has 0 atom stereocenters. The Morgan fingerprint density at radius 2 is 1.28 bits per heavy atom. The van der Waals surface area contributed by atoms with E-state index in [1.165, 1.54) is 89.5 Å². The number of carboxylic acid groups (broad SMARTS) is 1. The number of carbonyl (C=O) groups is 1. The van der Waals surface area contributed by atoms with E-state index in [4.69, 9.17) is 5.11 Å². The minimum absolute atomic E-state index is 0.200. The average molecular weight is 462 g/mol. The van der Waals surface area contributed by atoms with Gasteiger partial charge in [-0.25, -0.2) is 0 Å². The van der Waals surface area contributed by atoms with Crippen LogP contribution in [-0.4, -0.2) is 25.7 Å². The summed E-state index contributed by atoms with van der Waals surface area (Å²) in [5, 5.41) is 12.2. The van der Waals surface area contributed by atoms with Crippen LogP contribution < -0.4 is 5.32 Å². The van der Waals surface area contributed by atoms with Crippen LogP contribution in [0.4, 0.5) is 5.69 Å². The van der Waals surface area contributed by atoms with E-state index in [2.05, 4.69) is 37.5 Å². The highest BCUT2D eigenvalue weighted by Crippen LogP contribution is 2.23. The molecule has 0 aliphatic heterocycles. The Labute approximate surface area is 199 Å². The van der Waals surface area contributed by atoms with Crippen LogP contribution in [0.5, 0.6) is 0 Å². The third-order valence-corrected chi connectivity index (χ3v) is 10.1. The molecule has 0 spiro atoms. The maximum atomic E-state index is 10.6. The molecule has 0 aliphatic carbocycles. The molecular weight excluding hydrogens is 410 g/mol. The molecule has 0 fully saturated rings. The summed E-state index contributed by atoms with van der Waals surface area (Å²) in [6, 6.07) is 11.3. The summed E-state index contributed by atoms with van der Waals surface area (Å²) >= 11 is 0. The summed E-state index contributed by atoms with van der Waals surface area (Å²) in [6.45, 7) is 8.53. The van der Waals surface area contributed by atoms with Gasteiger partial charge < -0.3 is 10.4 Å². The Morgan fingerprint density at radius 3 is 1.81 bits per heavy atom. The molecule has 0 aliphatic rings. The van der Waals surface area contributed by atoms with E-state index in [-0.39, 0.29) is 6.42 Å². The van der Waals surface area contributed by atoms with Gasteiger partial charge in [0.15, 0.2) is 0 Å². The number of anilines is 1. The zero-order chi connectivity index (χ0) is 23.5. The van der Waals surface area contributed by atoms with Crippen molar-refractivity contribution in [3.8, 4) is 0 Å². The number of unbranched alkanes of at least 4 members (excludes halogenated alkanes) is 11. The van der Waals surface area contributed by atoms with Gasteiger partial charge in [-0.3, -0.25) is 4.79 Å². The number of benzene rings is 1. The van der Waals surface area contributed by atoms with E-state index in [9.17, 15) is 4.79 Å². The molecule has 1 aromatic rings. The predicted octanol–water partition coefficient (Wildman–Crippen LogP) is 8.92. The average Bonchev–Trinajstić information content (AvgIpc) is 2.77. The van der Waals surface area contributed by atoms with Crippen LogP contribution in [-0.2, 0) is 11.2 Å². The van der Waals surface area contributed by atoms with E-state index in [0.29, 0.717) is 6.42 Å². The van der Waals surface area contributed by atoms with Crippen molar-refractivity contribution >= 4 is 19.7 Å². The Morgan fingerprint density at radius 1 is 0.781 bits per heavy atom. The van der Waals surface area contributed by atoms with Crippen molar-refractivity contribution in [1.82, 2.24) is 0 Å². The van der Waals surface area contributed by atoms with Crippen molar-refractivity contribution in [3.63, 3.8) is 0 Å². The fraction of sp³-hybridized carbons (Fsp3) is 0.750. The van der Waals surface area contributed by atoms with Gasteiger partial charge in [-0.1, -0.05) is 121 Å². The van der Waals surface area contributed by atoms with Crippen LogP contribution in [0, 0.1) is 0 Å². The maximum Gasteiger partial charge on any atom is 0.303 e. The van der Waals surface area contributed by atoms with Crippen LogP contribution in [0.1, 0.15) is 102 Å². The zero-order valence-electron chi connectivity index (χ0n) is 21.4. The lowest BCUT2D eigenvalue weighted by Crippen LogP contribution is -2.24. The fourth-order valence-corrected chi connectivity index (χ4v) is 7.06. The summed E-state index contributed by atoms with van der Waals surface area (Å²) in [7, 11) is -0.910. The molecule has 0 heterocycles. The highest BCUT2D eigenvalue weighted by atomic mass is 28.3. The smallest absolute Gasteiger partial charge is 0.303 e. The molecule has 1 aromatic carbocycles. The molecule has 0 bridgehead atoms. The number of hydrogen-bond donors (Lipinski definition) is 2. The molecule has 0 amide bonds. The Hall–Kier alpha value is -1.29. The molecule has 2 N–H and O–H groups in total. The topological polar surface area (TPSA) is 49.3 Å². The molecule has 32 heavy (non-hydrogen) atoms. The number of carboxylic acids is 1. The first-order valence-electron chi connectivity index (χ1n) is 13.5. The molecule has 4 heteroatoms. The van der Waals surface area contributed by atoms with E-state index in [1.807, 2.05) is 12.1 Å². The van der Waals surface area contributed by atoms with Crippen molar-refractivity contribution in [1.29, 1.82) is 0 Å². The van der Waals surface area contributed by atoms with Crippen molar-refractivity contribution in [2.24, 2.45) is 0 Å². The predicted molar refractivity (Wildman–Crippen MR) is 144 cm³/mol. The summed E-state index contributed by atoms with van der Waals surface area (Å²) in [5.74, 6) is -0.735. The van der Waals surface area contributed by atoms with Crippen LogP contribution in [0.15, 0.2) is 24.3 Å². The van der Waals surface area contributed by atoms with E-state index < -0.39 is 14.0 Å². The Kier molecular flexibility index (Phi) is 16.3. The van der Waals surface area contributed by atoms with Crippen LogP contribution >= 0.6 is 0 Å². The van der Waals surface area contributed by atoms with Gasteiger partial charge in [0.1, 0.15) is 0 Å². The Bertz CT molecular complexity index is 586. The van der Waals surface area contributed by atoms with Gasteiger partial charge >= 0.3 is 5.97 Å². The second-order valence-electron chi connectivity index (χ2n) is 10.4. The van der Waals surface area contributed by atoms with Crippen molar-refractivity contribution < 1.29 is 9.90 Å². The number of rotatable bonds is 21. The first-order valence-corrected chi connectivity index (χ1v) is 16.9. The minimum Gasteiger partial charge on any atom is -0.481 e. The largest absolute Gasteiger partial charge is 0.481 e. The Balaban J connectivity index is 1.90. The van der Waals surface area contributed by atoms with Gasteiger partial charge in [0, 0.05) is 26.7 Å². The molecule has 184 valence electrons. The van der Waals surface area contributed by atoms with Crippen molar-refractivity contribution in [3.05, 3.63) is 29.8 Å². The van der Waals surface area contributed by atoms with Crippen LogP contribution in [0.25, 0.3) is 0 Å². The van der Waals surface area contributed by atoms with Crippen LogP contribution in [0.3, 0.4) is 0 Å². The molecule has 1 rings (SSSR count). The van der Waals surface area contributed by atoms with E-state index in [0.717, 1.165) is 17.8 Å². The number of hydrogen-bond acceptors (Lipinski definition) is 2. The fourth-order valence-electron chi connectivity index (χ4n) is 4.39. The van der Waals surface area contributed by atoms with Gasteiger partial charge in [0.05, 0.1) is 0 Å². The summed E-state index contributed by atoms with van der Waals surface area (Å²) in [6.07, 6.45) is 19.0. The molecule has 3 nitrogen and oxygen atoms in total. The quantitative estimate of drug-likeness (QED) is 0.142. The maximum absolute atomic E-state index is 10.6. The molecule has 0 unspecified atom stereocenters. The monoisotopic (exact) mass is 461 g/mol. The number of aliphatic carboxylic acids is 1. The van der Waals surface area contributed by atoms with Crippen LogP contribution in [0.2, 0.25) is 25.2 Å². The minimum atomic E-state index is -0.910. The van der Waals surface area contributed by atoms with Gasteiger partial charge in [-0.15, -0.1) is 0 Å². The third-order valence-electron chi connectivity index (χ3n) is 6.65. The lowest BCUT2D eigenvalue weighted by atomic mass is 10.1. The lowest BCUT2D eigenvalue weighted by molar-refractivity contribution is -0.136. The first kappa shape index (κ1) is 28.7. The molecule has 0 radical (unpaired) electrons. The molecular formula is C28H51NO2Si. The standard InChI is InChI=1S/C28H51NO2Si/c1-4-5-6-15-24-32(2,3)25-16-13-11-9-7-8-10-12-14-23-29-27-20-17-26(18-21-27)19-22-28(30)31/h17-18,20-21,29H,4-16,19,22-25H2,1-3H3,(H,30,31). The number of nitrogens with one attached hydrogen (secondary N) is 1. The molecule has 0 aromatic heterocycles. The van der Waals surface area contributed by atoms with Crippen molar-refractivity contribution in [2.75, 3.05) is 11.9 Å².